The Bertz CT molecular complexity index is 1000. The molecule has 0 spiro atoms. The van der Waals surface area contributed by atoms with Crippen LogP contribution in [0.3, 0.4) is 0 Å². The predicted molar refractivity (Wildman–Crippen MR) is 93.4 cm³/mol. The SMILES string of the molecule is Cn1c(C2=C(O)CN(c3cccc(O)c3)C2=N)nc2ccccc21. The summed E-state index contributed by atoms with van der Waals surface area (Å²) in [6, 6.07) is 14.3. The maximum atomic E-state index is 10.4. The van der Waals surface area contributed by atoms with Gasteiger partial charge in [-0.1, -0.05) is 18.2 Å². The van der Waals surface area contributed by atoms with E-state index in [1.807, 2.05) is 35.9 Å². The quantitative estimate of drug-likeness (QED) is 0.677. The summed E-state index contributed by atoms with van der Waals surface area (Å²) in [7, 11) is 1.87. The van der Waals surface area contributed by atoms with Gasteiger partial charge in [0.2, 0.25) is 0 Å². The Hall–Kier alpha value is -3.28. The van der Waals surface area contributed by atoms with Gasteiger partial charge in [0.25, 0.3) is 0 Å². The normalized spacial score (nSPS) is 14.9. The fourth-order valence-corrected chi connectivity index (χ4v) is 3.06. The molecule has 0 amide bonds. The second-order valence-corrected chi connectivity index (χ2v) is 5.76. The van der Waals surface area contributed by atoms with Gasteiger partial charge in [0.1, 0.15) is 23.2 Å². The van der Waals surface area contributed by atoms with E-state index in [1.54, 1.807) is 29.2 Å². The highest BCUT2D eigenvalue weighted by molar-refractivity contribution is 6.30. The molecule has 0 aliphatic carbocycles. The summed E-state index contributed by atoms with van der Waals surface area (Å²) in [5.41, 5.74) is 2.83. The molecule has 0 radical (unpaired) electrons. The number of hydrogen-bond donors (Lipinski definition) is 3. The molecule has 0 atom stereocenters. The number of nitrogens with one attached hydrogen (secondary N) is 1. The van der Waals surface area contributed by atoms with E-state index in [-0.39, 0.29) is 23.9 Å². The third-order valence-electron chi connectivity index (χ3n) is 4.26. The van der Waals surface area contributed by atoms with Crippen molar-refractivity contribution in [1.29, 1.82) is 5.41 Å². The number of phenolic OH excluding ortho intramolecular Hbond substituents is 1. The highest BCUT2D eigenvalue weighted by atomic mass is 16.3. The first kappa shape index (κ1) is 14.3. The smallest absolute Gasteiger partial charge is 0.148 e. The van der Waals surface area contributed by atoms with Gasteiger partial charge in [0, 0.05) is 18.8 Å². The van der Waals surface area contributed by atoms with Crippen LogP contribution in [0.25, 0.3) is 16.6 Å². The first-order valence-electron chi connectivity index (χ1n) is 7.55. The number of aliphatic hydroxyl groups is 1. The Morgan fingerprint density at radius 1 is 1.08 bits per heavy atom. The van der Waals surface area contributed by atoms with E-state index in [0.29, 0.717) is 17.1 Å². The minimum Gasteiger partial charge on any atom is -0.509 e. The molecule has 2 heterocycles. The Morgan fingerprint density at radius 2 is 1.88 bits per heavy atom. The van der Waals surface area contributed by atoms with Gasteiger partial charge in [-0.2, -0.15) is 0 Å². The third-order valence-corrected chi connectivity index (χ3v) is 4.26. The zero-order valence-corrected chi connectivity index (χ0v) is 13.1. The molecule has 0 bridgehead atoms. The second-order valence-electron chi connectivity index (χ2n) is 5.76. The molecule has 1 aliphatic heterocycles. The minimum absolute atomic E-state index is 0.0988. The van der Waals surface area contributed by atoms with Gasteiger partial charge < -0.3 is 19.7 Å². The third kappa shape index (κ3) is 2.04. The Kier molecular flexibility index (Phi) is 3.06. The number of anilines is 1. The molecule has 0 saturated heterocycles. The van der Waals surface area contributed by atoms with Gasteiger partial charge in [-0.15, -0.1) is 0 Å². The van der Waals surface area contributed by atoms with Gasteiger partial charge >= 0.3 is 0 Å². The van der Waals surface area contributed by atoms with Crippen molar-refractivity contribution in [3.8, 4) is 5.75 Å². The van der Waals surface area contributed by atoms with E-state index < -0.39 is 0 Å². The lowest BCUT2D eigenvalue weighted by Gasteiger charge is -2.18. The van der Waals surface area contributed by atoms with Crippen LogP contribution in [0.2, 0.25) is 0 Å². The van der Waals surface area contributed by atoms with Crippen molar-refractivity contribution in [2.45, 2.75) is 0 Å². The molecule has 6 nitrogen and oxygen atoms in total. The number of nitrogens with zero attached hydrogens (tertiary/aromatic N) is 3. The number of fused-ring (bicyclic) bond motifs is 1. The van der Waals surface area contributed by atoms with Crippen LogP contribution >= 0.6 is 0 Å². The van der Waals surface area contributed by atoms with E-state index in [4.69, 9.17) is 5.41 Å². The van der Waals surface area contributed by atoms with E-state index >= 15 is 0 Å². The van der Waals surface area contributed by atoms with Crippen molar-refractivity contribution in [2.75, 3.05) is 11.4 Å². The molecule has 6 heteroatoms. The number of aliphatic hydroxyl groups excluding tert-OH is 1. The van der Waals surface area contributed by atoms with Crippen LogP contribution in [-0.2, 0) is 7.05 Å². The first-order chi connectivity index (χ1) is 11.6. The van der Waals surface area contributed by atoms with Gasteiger partial charge in [0.05, 0.1) is 23.2 Å². The van der Waals surface area contributed by atoms with Crippen LogP contribution in [0.15, 0.2) is 54.3 Å². The maximum absolute atomic E-state index is 10.4. The number of aromatic hydroxyl groups is 1. The average molecular weight is 320 g/mol. The predicted octanol–water partition coefficient (Wildman–Crippen LogP) is 3.05. The molecule has 24 heavy (non-hydrogen) atoms. The maximum Gasteiger partial charge on any atom is 0.148 e. The number of amidine groups is 1. The van der Waals surface area contributed by atoms with Crippen LogP contribution < -0.4 is 4.90 Å². The van der Waals surface area contributed by atoms with Crippen LogP contribution in [0.1, 0.15) is 5.82 Å². The van der Waals surface area contributed by atoms with Gasteiger partial charge in [-0.25, -0.2) is 4.98 Å². The van der Waals surface area contributed by atoms with E-state index in [2.05, 4.69) is 4.98 Å². The van der Waals surface area contributed by atoms with Crippen molar-refractivity contribution in [2.24, 2.45) is 7.05 Å². The fourth-order valence-electron chi connectivity index (χ4n) is 3.06. The summed E-state index contributed by atoms with van der Waals surface area (Å²) in [4.78, 5) is 6.21. The monoisotopic (exact) mass is 320 g/mol. The number of para-hydroxylation sites is 2. The molecule has 0 unspecified atom stereocenters. The number of aromatic nitrogens is 2. The minimum atomic E-state index is 0.0988. The Balaban J connectivity index is 1.79. The molecule has 1 aliphatic rings. The molecule has 3 N–H and O–H groups in total. The zero-order chi connectivity index (χ0) is 16.8. The van der Waals surface area contributed by atoms with Crippen LogP contribution in [0, 0.1) is 5.41 Å². The Morgan fingerprint density at radius 3 is 2.62 bits per heavy atom. The Labute approximate surface area is 138 Å². The van der Waals surface area contributed by atoms with Crippen molar-refractivity contribution in [1.82, 2.24) is 9.55 Å². The van der Waals surface area contributed by atoms with Gasteiger partial charge in [-0.3, -0.25) is 5.41 Å². The lowest BCUT2D eigenvalue weighted by Crippen LogP contribution is -2.26. The average Bonchev–Trinajstić information content (AvgIpc) is 3.05. The molecular formula is C18H16N4O2. The summed E-state index contributed by atoms with van der Waals surface area (Å²) >= 11 is 0. The number of phenols is 1. The topological polar surface area (TPSA) is 85.4 Å². The molecule has 1 aromatic heterocycles. The van der Waals surface area contributed by atoms with Crippen molar-refractivity contribution in [3.05, 3.63) is 60.1 Å². The standard InChI is InChI=1S/C18H16N4O2/c1-21-14-8-3-2-7-13(14)20-18(21)16-15(24)10-22(17(16)19)11-5-4-6-12(23)9-11/h2-9,19,23-24H,10H2,1H3. The number of aryl methyl sites for hydroxylation is 1. The van der Waals surface area contributed by atoms with Gasteiger partial charge in [-0.05, 0) is 24.3 Å². The van der Waals surface area contributed by atoms with Crippen LogP contribution in [0.4, 0.5) is 5.69 Å². The summed E-state index contributed by atoms with van der Waals surface area (Å²) in [5, 5.41) is 28.6. The molecule has 3 aromatic rings. The van der Waals surface area contributed by atoms with Gasteiger partial charge in [0.15, 0.2) is 0 Å². The number of imidazole rings is 1. The lowest BCUT2D eigenvalue weighted by molar-refractivity contribution is 0.411. The van der Waals surface area contributed by atoms with Crippen molar-refractivity contribution < 1.29 is 10.2 Å². The highest BCUT2D eigenvalue weighted by Gasteiger charge is 2.32. The molecule has 120 valence electrons. The molecule has 4 rings (SSSR count). The summed E-state index contributed by atoms with van der Waals surface area (Å²) in [6.45, 7) is 0.181. The second kappa shape index (κ2) is 5.13. The van der Waals surface area contributed by atoms with E-state index in [9.17, 15) is 10.2 Å². The largest absolute Gasteiger partial charge is 0.509 e. The number of rotatable bonds is 2. The highest BCUT2D eigenvalue weighted by Crippen LogP contribution is 2.32. The van der Waals surface area contributed by atoms with Crippen molar-refractivity contribution >= 4 is 28.1 Å². The zero-order valence-electron chi connectivity index (χ0n) is 13.1. The fraction of sp³-hybridized carbons (Fsp3) is 0.111. The summed E-state index contributed by atoms with van der Waals surface area (Å²) in [5.74, 6) is 0.940. The van der Waals surface area contributed by atoms with Crippen LogP contribution in [0.5, 0.6) is 5.75 Å². The number of hydrogen-bond acceptors (Lipinski definition) is 4. The molecular weight excluding hydrogens is 304 g/mol. The molecule has 2 aromatic carbocycles. The molecule has 0 fully saturated rings. The summed E-state index contributed by atoms with van der Waals surface area (Å²) in [6.07, 6.45) is 0. The van der Waals surface area contributed by atoms with Crippen LogP contribution in [-0.4, -0.2) is 32.1 Å². The lowest BCUT2D eigenvalue weighted by atomic mass is 10.2. The number of benzene rings is 2. The van der Waals surface area contributed by atoms with E-state index in [1.165, 1.54) is 0 Å². The molecule has 0 saturated carbocycles. The summed E-state index contributed by atoms with van der Waals surface area (Å²) < 4.78 is 1.88. The van der Waals surface area contributed by atoms with E-state index in [0.717, 1.165) is 11.0 Å². The first-order valence-corrected chi connectivity index (χ1v) is 7.55. The van der Waals surface area contributed by atoms with Crippen molar-refractivity contribution in [3.63, 3.8) is 0 Å².